The number of halogens is 2. The van der Waals surface area contributed by atoms with Crippen molar-refractivity contribution in [3.63, 3.8) is 0 Å². The normalized spacial score (nSPS) is 15.9. The molecule has 3 rings (SSSR count). The number of amides is 1. The highest BCUT2D eigenvalue weighted by Gasteiger charge is 2.23. The first kappa shape index (κ1) is 22.9. The zero-order valence-corrected chi connectivity index (χ0v) is 19.7. The summed E-state index contributed by atoms with van der Waals surface area (Å²) in [4.78, 5) is 12.4. The monoisotopic (exact) mass is 481 g/mol. The predicted molar refractivity (Wildman–Crippen MR) is 129 cm³/mol. The quantitative estimate of drug-likeness (QED) is 0.266. The highest BCUT2D eigenvalue weighted by atomic mass is 35.5. The number of carbonyl (C=O) groups excluding carboxylic acids is 1. The maximum Gasteiger partial charge on any atom is 0.263 e. The van der Waals surface area contributed by atoms with E-state index >= 15 is 0 Å². The van der Waals surface area contributed by atoms with E-state index < -0.39 is 0 Å². The highest BCUT2D eigenvalue weighted by molar-refractivity contribution is 8.26. The summed E-state index contributed by atoms with van der Waals surface area (Å²) >= 11 is 18.7. The second-order valence-corrected chi connectivity index (χ2v) is 9.30. The Morgan fingerprint density at radius 1 is 1.17 bits per heavy atom. The van der Waals surface area contributed by atoms with Crippen molar-refractivity contribution in [2.45, 2.75) is 26.2 Å². The van der Waals surface area contributed by atoms with Gasteiger partial charge in [0.1, 0.15) is 29.0 Å². The Kier molecular flexibility index (Phi) is 8.06. The zero-order valence-electron chi connectivity index (χ0n) is 16.5. The summed E-state index contributed by atoms with van der Waals surface area (Å²) in [6.07, 6.45) is 2.77. The second kappa shape index (κ2) is 10.5. The lowest BCUT2D eigenvalue weighted by atomic mass is 9.99. The topological polar surface area (TPSA) is 47.6 Å². The minimum absolute atomic E-state index is 0.254. The van der Waals surface area contributed by atoms with Crippen LogP contribution < -0.4 is 14.8 Å². The number of hydrogen-bond donors (Lipinski definition) is 1. The molecule has 4 nitrogen and oxygen atoms in total. The van der Waals surface area contributed by atoms with Gasteiger partial charge in [-0.3, -0.25) is 4.79 Å². The van der Waals surface area contributed by atoms with Crippen molar-refractivity contribution in [1.82, 2.24) is 5.32 Å². The van der Waals surface area contributed by atoms with Crippen molar-refractivity contribution in [2.75, 3.05) is 13.2 Å². The van der Waals surface area contributed by atoms with E-state index in [4.69, 9.17) is 44.9 Å². The van der Waals surface area contributed by atoms with Gasteiger partial charge in [-0.05, 0) is 48.2 Å². The highest BCUT2D eigenvalue weighted by Crippen LogP contribution is 2.36. The number of thioether (sulfide) groups is 1. The Labute approximate surface area is 195 Å². The van der Waals surface area contributed by atoms with E-state index in [0.717, 1.165) is 12.2 Å². The molecule has 0 radical (unpaired) electrons. The molecule has 1 aliphatic heterocycles. The molecule has 1 saturated heterocycles. The molecule has 1 heterocycles. The lowest BCUT2D eigenvalue weighted by molar-refractivity contribution is -0.115. The van der Waals surface area contributed by atoms with Crippen molar-refractivity contribution < 1.29 is 14.3 Å². The molecule has 0 unspecified atom stereocenters. The third-order valence-electron chi connectivity index (χ3n) is 4.63. The van der Waals surface area contributed by atoms with Crippen molar-refractivity contribution in [3.05, 3.63) is 62.5 Å². The summed E-state index contributed by atoms with van der Waals surface area (Å²) in [7, 11) is 0. The van der Waals surface area contributed by atoms with Crippen LogP contribution in [0.5, 0.6) is 11.5 Å². The fourth-order valence-corrected chi connectivity index (χ4v) is 4.43. The Hall–Kier alpha value is -1.73. The minimum atomic E-state index is -0.254. The van der Waals surface area contributed by atoms with Crippen LogP contribution in [0.2, 0.25) is 10.0 Å². The van der Waals surface area contributed by atoms with E-state index in [0.29, 0.717) is 43.1 Å². The predicted octanol–water partition coefficient (Wildman–Crippen LogP) is 6.45. The van der Waals surface area contributed by atoms with Gasteiger partial charge in [0.2, 0.25) is 0 Å². The molecule has 0 spiro atoms. The third-order valence-corrected chi connectivity index (χ3v) is 6.29. The van der Waals surface area contributed by atoms with Crippen LogP contribution in [-0.2, 0) is 4.79 Å². The van der Waals surface area contributed by atoms with Crippen LogP contribution in [-0.4, -0.2) is 23.4 Å². The Morgan fingerprint density at radius 3 is 2.50 bits per heavy atom. The van der Waals surface area contributed by atoms with E-state index in [9.17, 15) is 4.79 Å². The summed E-state index contributed by atoms with van der Waals surface area (Å²) in [6, 6.07) is 11.4. The first-order valence-electron chi connectivity index (χ1n) is 9.46. The van der Waals surface area contributed by atoms with Crippen molar-refractivity contribution >= 4 is 63.5 Å². The number of rotatable bonds is 8. The van der Waals surface area contributed by atoms with Crippen molar-refractivity contribution in [1.29, 1.82) is 0 Å². The van der Waals surface area contributed by atoms with E-state index in [2.05, 4.69) is 31.3 Å². The van der Waals surface area contributed by atoms with Crippen LogP contribution in [0.4, 0.5) is 0 Å². The molecule has 30 heavy (non-hydrogen) atoms. The molecule has 1 fully saturated rings. The summed E-state index contributed by atoms with van der Waals surface area (Å²) < 4.78 is 12.0. The fourth-order valence-electron chi connectivity index (χ4n) is 2.83. The van der Waals surface area contributed by atoms with Crippen LogP contribution in [0.15, 0.2) is 41.3 Å². The van der Waals surface area contributed by atoms with Gasteiger partial charge in [0.15, 0.2) is 0 Å². The number of thiocarbonyl (C=S) groups is 1. The average Bonchev–Trinajstić information content (AvgIpc) is 3.03. The smallest absolute Gasteiger partial charge is 0.263 e. The molecule has 8 heteroatoms. The van der Waals surface area contributed by atoms with Gasteiger partial charge in [-0.15, -0.1) is 0 Å². The minimum Gasteiger partial charge on any atom is -0.490 e. The van der Waals surface area contributed by atoms with Crippen LogP contribution in [0.1, 0.15) is 37.3 Å². The maximum atomic E-state index is 12.0. The Balaban J connectivity index is 1.65. The number of hydrogen-bond acceptors (Lipinski definition) is 5. The molecule has 0 aliphatic carbocycles. The van der Waals surface area contributed by atoms with E-state index in [1.165, 1.54) is 17.3 Å². The molecule has 1 aliphatic rings. The van der Waals surface area contributed by atoms with E-state index in [-0.39, 0.29) is 12.5 Å². The largest absolute Gasteiger partial charge is 0.490 e. The molecule has 0 saturated carbocycles. The van der Waals surface area contributed by atoms with Crippen LogP contribution in [0.25, 0.3) is 6.08 Å². The second-order valence-electron chi connectivity index (χ2n) is 6.73. The first-order valence-corrected chi connectivity index (χ1v) is 11.4. The number of ether oxygens (including phenoxy) is 2. The van der Waals surface area contributed by atoms with Gasteiger partial charge in [-0.2, -0.15) is 0 Å². The van der Waals surface area contributed by atoms with Gasteiger partial charge < -0.3 is 14.8 Å². The Bertz CT molecular complexity index is 977. The van der Waals surface area contributed by atoms with Gasteiger partial charge in [0.25, 0.3) is 5.91 Å². The van der Waals surface area contributed by atoms with Crippen molar-refractivity contribution in [2.24, 2.45) is 0 Å². The first-order chi connectivity index (χ1) is 14.4. The van der Waals surface area contributed by atoms with Crippen LogP contribution >= 0.6 is 47.2 Å². The summed E-state index contributed by atoms with van der Waals surface area (Å²) in [6.45, 7) is 5.00. The van der Waals surface area contributed by atoms with Gasteiger partial charge in [0.05, 0.1) is 9.93 Å². The maximum absolute atomic E-state index is 12.0. The summed E-state index contributed by atoms with van der Waals surface area (Å²) in [5.74, 6) is 1.49. The molecular weight excluding hydrogens is 461 g/mol. The number of carbonyl (C=O) groups is 1. The Morgan fingerprint density at radius 2 is 1.87 bits per heavy atom. The van der Waals surface area contributed by atoms with Crippen molar-refractivity contribution in [3.8, 4) is 11.5 Å². The molecule has 158 valence electrons. The SMILES string of the molecule is CC[C@@H](C)c1ccc(OCCOc2c(Cl)cc(Cl)cc2/C=C2\SC(=S)NC2=O)cc1. The molecule has 1 atom stereocenters. The molecule has 0 bridgehead atoms. The van der Waals surface area contributed by atoms with E-state index in [1.54, 1.807) is 18.2 Å². The zero-order chi connectivity index (χ0) is 21.7. The lowest BCUT2D eigenvalue weighted by Crippen LogP contribution is -2.17. The van der Waals surface area contributed by atoms with Crippen LogP contribution in [0.3, 0.4) is 0 Å². The third kappa shape index (κ3) is 5.91. The number of benzene rings is 2. The molecular formula is C22H21Cl2NO3S2. The van der Waals surface area contributed by atoms with Gasteiger partial charge in [-0.1, -0.05) is 73.2 Å². The molecule has 1 amide bonds. The molecule has 2 aromatic carbocycles. The van der Waals surface area contributed by atoms with Gasteiger partial charge in [-0.25, -0.2) is 0 Å². The average molecular weight is 482 g/mol. The number of nitrogens with one attached hydrogen (secondary N) is 1. The molecule has 1 N–H and O–H groups in total. The van der Waals surface area contributed by atoms with E-state index in [1.807, 2.05) is 12.1 Å². The summed E-state index contributed by atoms with van der Waals surface area (Å²) in [5, 5.41) is 3.39. The van der Waals surface area contributed by atoms with Gasteiger partial charge in [0, 0.05) is 10.6 Å². The summed E-state index contributed by atoms with van der Waals surface area (Å²) in [5.41, 5.74) is 1.90. The lowest BCUT2D eigenvalue weighted by Gasteiger charge is -2.14. The standard InChI is InChI=1S/C22H21Cl2NO3S2/c1-3-13(2)14-4-6-17(7-5-14)27-8-9-28-20-15(10-16(23)12-18(20)24)11-19-21(26)25-22(29)30-19/h4-7,10-13H,3,8-9H2,1-2H3,(H,25,26,29)/b19-11-/t13-/m1/s1. The molecule has 2 aromatic rings. The molecule has 0 aromatic heterocycles. The van der Waals surface area contributed by atoms with Gasteiger partial charge >= 0.3 is 0 Å². The fraction of sp³-hybridized carbons (Fsp3) is 0.273. The van der Waals surface area contributed by atoms with Crippen LogP contribution in [0, 0.1) is 0 Å².